The number of para-hydroxylation sites is 1. The Labute approximate surface area is 163 Å². The van der Waals surface area contributed by atoms with Gasteiger partial charge in [0, 0.05) is 37.4 Å². The summed E-state index contributed by atoms with van der Waals surface area (Å²) in [6.45, 7) is 4.59. The van der Waals surface area contributed by atoms with Crippen LogP contribution >= 0.6 is 0 Å². The van der Waals surface area contributed by atoms with E-state index in [1.165, 1.54) is 6.07 Å². The Morgan fingerprint density at radius 2 is 1.86 bits per heavy atom. The predicted molar refractivity (Wildman–Crippen MR) is 107 cm³/mol. The van der Waals surface area contributed by atoms with Gasteiger partial charge in [-0.05, 0) is 36.6 Å². The minimum absolute atomic E-state index is 0.0664. The summed E-state index contributed by atoms with van der Waals surface area (Å²) in [6.07, 6.45) is 0. The van der Waals surface area contributed by atoms with Crippen LogP contribution in [0.1, 0.15) is 11.3 Å². The van der Waals surface area contributed by atoms with E-state index in [9.17, 15) is 14.4 Å². The molecule has 0 radical (unpaired) electrons. The van der Waals surface area contributed by atoms with Crippen molar-refractivity contribution in [3.63, 3.8) is 0 Å². The van der Waals surface area contributed by atoms with Gasteiger partial charge in [0.1, 0.15) is 24.0 Å². The topological polar surface area (TPSA) is 52.3 Å². The van der Waals surface area contributed by atoms with Crippen molar-refractivity contribution in [1.29, 1.82) is 5.26 Å². The molecular formula is C22H21FN4O. The summed E-state index contributed by atoms with van der Waals surface area (Å²) in [4.78, 5) is 16.7. The van der Waals surface area contributed by atoms with Crippen LogP contribution in [-0.2, 0) is 11.3 Å². The van der Waals surface area contributed by atoms with E-state index < -0.39 is 5.82 Å². The number of anilines is 1. The molecule has 0 N–H and O–H groups in total. The van der Waals surface area contributed by atoms with Crippen molar-refractivity contribution in [2.45, 2.75) is 13.5 Å². The summed E-state index contributed by atoms with van der Waals surface area (Å²) in [6, 6.07) is 16.8. The number of carbonyl (C=O) groups is 1. The molecule has 4 rings (SSSR count). The standard InChI is InChI=1S/C22H21FN4O/c1-16-13-17-5-2-3-7-20(17)27(16)15-22(28)26-11-9-25(10-12-26)21-8-4-6-19(23)18(21)14-24/h2-8,13H,9-12,15H2,1H3. The summed E-state index contributed by atoms with van der Waals surface area (Å²) in [5.41, 5.74) is 2.79. The smallest absolute Gasteiger partial charge is 0.242 e. The molecule has 1 aliphatic rings. The summed E-state index contributed by atoms with van der Waals surface area (Å²) in [7, 11) is 0. The Balaban J connectivity index is 1.45. The van der Waals surface area contributed by atoms with E-state index in [4.69, 9.17) is 0 Å². The normalized spacial score (nSPS) is 14.3. The number of hydrogen-bond acceptors (Lipinski definition) is 3. The van der Waals surface area contributed by atoms with Crippen LogP contribution in [0.2, 0.25) is 0 Å². The van der Waals surface area contributed by atoms with Crippen molar-refractivity contribution >= 4 is 22.5 Å². The number of carbonyl (C=O) groups excluding carboxylic acids is 1. The van der Waals surface area contributed by atoms with Crippen LogP contribution in [0.5, 0.6) is 0 Å². The van der Waals surface area contributed by atoms with Crippen molar-refractivity contribution in [2.24, 2.45) is 0 Å². The van der Waals surface area contributed by atoms with Crippen LogP contribution in [0.3, 0.4) is 0 Å². The molecule has 0 atom stereocenters. The number of hydrogen-bond donors (Lipinski definition) is 0. The van der Waals surface area contributed by atoms with Gasteiger partial charge in [-0.2, -0.15) is 5.26 Å². The van der Waals surface area contributed by atoms with Crippen molar-refractivity contribution in [2.75, 3.05) is 31.1 Å². The van der Waals surface area contributed by atoms with E-state index in [-0.39, 0.29) is 11.5 Å². The number of amides is 1. The average Bonchev–Trinajstić information content (AvgIpc) is 3.03. The molecule has 0 aliphatic carbocycles. The minimum Gasteiger partial charge on any atom is -0.367 e. The number of fused-ring (bicyclic) bond motifs is 1. The maximum absolute atomic E-state index is 13.9. The van der Waals surface area contributed by atoms with Crippen LogP contribution in [0, 0.1) is 24.1 Å². The van der Waals surface area contributed by atoms with E-state index in [0.717, 1.165) is 16.6 Å². The largest absolute Gasteiger partial charge is 0.367 e. The Kier molecular flexibility index (Phi) is 4.74. The summed E-state index contributed by atoms with van der Waals surface area (Å²) >= 11 is 0. The van der Waals surface area contributed by atoms with E-state index >= 15 is 0 Å². The molecule has 1 aliphatic heterocycles. The lowest BCUT2D eigenvalue weighted by Crippen LogP contribution is -2.49. The van der Waals surface area contributed by atoms with Crippen LogP contribution in [-0.4, -0.2) is 41.6 Å². The van der Waals surface area contributed by atoms with Gasteiger partial charge in [-0.1, -0.05) is 24.3 Å². The molecule has 142 valence electrons. The first-order valence-corrected chi connectivity index (χ1v) is 9.34. The lowest BCUT2D eigenvalue weighted by molar-refractivity contribution is -0.132. The second kappa shape index (κ2) is 7.35. The fourth-order valence-electron chi connectivity index (χ4n) is 3.88. The first kappa shape index (κ1) is 18.1. The van der Waals surface area contributed by atoms with Crippen molar-refractivity contribution in [3.05, 3.63) is 65.6 Å². The Morgan fingerprint density at radius 3 is 2.61 bits per heavy atom. The molecule has 0 unspecified atom stereocenters. The SMILES string of the molecule is Cc1cc2ccccc2n1CC(=O)N1CCN(c2cccc(F)c2C#N)CC1. The Morgan fingerprint density at radius 1 is 1.11 bits per heavy atom. The quantitative estimate of drug-likeness (QED) is 0.705. The highest BCUT2D eigenvalue weighted by molar-refractivity contribution is 5.84. The monoisotopic (exact) mass is 376 g/mol. The second-order valence-corrected chi connectivity index (χ2v) is 7.04. The number of nitriles is 1. The molecule has 0 bridgehead atoms. The molecule has 0 spiro atoms. The highest BCUT2D eigenvalue weighted by Gasteiger charge is 2.24. The maximum atomic E-state index is 13.9. The van der Waals surface area contributed by atoms with E-state index in [0.29, 0.717) is 38.4 Å². The van der Waals surface area contributed by atoms with Gasteiger partial charge < -0.3 is 14.4 Å². The molecule has 2 heterocycles. The van der Waals surface area contributed by atoms with Gasteiger partial charge in [-0.25, -0.2) is 4.39 Å². The molecular weight excluding hydrogens is 355 g/mol. The number of benzene rings is 2. The highest BCUT2D eigenvalue weighted by Crippen LogP contribution is 2.24. The fraction of sp³-hybridized carbons (Fsp3) is 0.273. The maximum Gasteiger partial charge on any atom is 0.242 e. The van der Waals surface area contributed by atoms with Gasteiger partial charge in [-0.3, -0.25) is 4.79 Å². The average molecular weight is 376 g/mol. The van der Waals surface area contributed by atoms with Crippen molar-refractivity contribution in [1.82, 2.24) is 9.47 Å². The lowest BCUT2D eigenvalue weighted by Gasteiger charge is -2.36. The first-order valence-electron chi connectivity index (χ1n) is 9.34. The third kappa shape index (κ3) is 3.20. The predicted octanol–water partition coefficient (Wildman–Crippen LogP) is 3.31. The van der Waals surface area contributed by atoms with Gasteiger partial charge in [-0.15, -0.1) is 0 Å². The third-order valence-corrected chi connectivity index (χ3v) is 5.39. The van der Waals surface area contributed by atoms with Crippen LogP contribution in [0.15, 0.2) is 48.5 Å². The second-order valence-electron chi connectivity index (χ2n) is 7.04. The van der Waals surface area contributed by atoms with E-state index in [1.54, 1.807) is 12.1 Å². The van der Waals surface area contributed by atoms with Crippen molar-refractivity contribution in [3.8, 4) is 6.07 Å². The number of piperazine rings is 1. The van der Waals surface area contributed by atoms with Gasteiger partial charge in [0.05, 0.1) is 5.69 Å². The Hall–Kier alpha value is -3.33. The van der Waals surface area contributed by atoms with Gasteiger partial charge >= 0.3 is 0 Å². The zero-order valence-electron chi connectivity index (χ0n) is 15.7. The Bertz CT molecular complexity index is 1070. The van der Waals surface area contributed by atoms with E-state index in [2.05, 4.69) is 6.07 Å². The number of aromatic nitrogens is 1. The zero-order valence-corrected chi connectivity index (χ0v) is 15.7. The van der Waals surface area contributed by atoms with Crippen LogP contribution < -0.4 is 4.90 Å². The molecule has 1 saturated heterocycles. The molecule has 1 fully saturated rings. The molecule has 1 amide bonds. The molecule has 6 heteroatoms. The third-order valence-electron chi connectivity index (χ3n) is 5.39. The van der Waals surface area contributed by atoms with Gasteiger partial charge in [0.15, 0.2) is 0 Å². The summed E-state index contributed by atoms with van der Waals surface area (Å²) in [5, 5.41) is 10.4. The number of aryl methyl sites for hydroxylation is 1. The number of halogens is 1. The van der Waals surface area contributed by atoms with Crippen molar-refractivity contribution < 1.29 is 9.18 Å². The first-order chi connectivity index (χ1) is 13.6. The minimum atomic E-state index is -0.506. The van der Waals surface area contributed by atoms with Gasteiger partial charge in [0.25, 0.3) is 0 Å². The lowest BCUT2D eigenvalue weighted by atomic mass is 10.1. The molecule has 1 aromatic heterocycles. The molecule has 0 saturated carbocycles. The summed E-state index contributed by atoms with van der Waals surface area (Å²) < 4.78 is 15.9. The summed E-state index contributed by atoms with van der Waals surface area (Å²) in [5.74, 6) is -0.433. The molecule has 28 heavy (non-hydrogen) atoms. The van der Waals surface area contributed by atoms with E-state index in [1.807, 2.05) is 51.6 Å². The fourth-order valence-corrected chi connectivity index (χ4v) is 3.88. The highest BCUT2D eigenvalue weighted by atomic mass is 19.1. The number of nitrogens with zero attached hydrogens (tertiary/aromatic N) is 4. The zero-order chi connectivity index (χ0) is 19.7. The van der Waals surface area contributed by atoms with Crippen LogP contribution in [0.4, 0.5) is 10.1 Å². The molecule has 2 aromatic carbocycles. The number of rotatable bonds is 3. The molecule has 3 aromatic rings. The van der Waals surface area contributed by atoms with Crippen LogP contribution in [0.25, 0.3) is 10.9 Å². The van der Waals surface area contributed by atoms with Gasteiger partial charge in [0.2, 0.25) is 5.91 Å². The molecule has 5 nitrogen and oxygen atoms in total.